The van der Waals surface area contributed by atoms with Gasteiger partial charge in [0, 0.05) is 6.04 Å². The van der Waals surface area contributed by atoms with Gasteiger partial charge in [-0.15, -0.1) is 0 Å². The fourth-order valence-electron chi connectivity index (χ4n) is 1.74. The summed E-state index contributed by atoms with van der Waals surface area (Å²) in [5, 5.41) is 3.25. The molecule has 1 heterocycles. The Hall–Kier alpha value is -1.88. The second-order valence-corrected chi connectivity index (χ2v) is 4.13. The average molecular weight is 267 g/mol. The minimum atomic E-state index is -2.80. The molecule has 1 aromatic carbocycles. The van der Waals surface area contributed by atoms with Gasteiger partial charge in [-0.05, 0) is 36.8 Å². The molecular formula is C14H15F2NO2. The molecule has 1 atom stereocenters. The van der Waals surface area contributed by atoms with Crippen LogP contribution in [0.5, 0.6) is 5.75 Å². The third-order valence-corrected chi connectivity index (χ3v) is 2.75. The fourth-order valence-corrected chi connectivity index (χ4v) is 1.74. The van der Waals surface area contributed by atoms with Crippen LogP contribution in [0.15, 0.2) is 47.1 Å². The van der Waals surface area contributed by atoms with Gasteiger partial charge in [0.05, 0.1) is 12.8 Å². The molecule has 19 heavy (non-hydrogen) atoms. The van der Waals surface area contributed by atoms with Crippen molar-refractivity contribution in [1.29, 1.82) is 0 Å². The average Bonchev–Trinajstić information content (AvgIpc) is 2.88. The van der Waals surface area contributed by atoms with Crippen LogP contribution in [0.25, 0.3) is 0 Å². The van der Waals surface area contributed by atoms with E-state index in [-0.39, 0.29) is 11.8 Å². The minimum Gasteiger partial charge on any atom is -0.468 e. The van der Waals surface area contributed by atoms with Crippen LogP contribution in [0.3, 0.4) is 0 Å². The van der Waals surface area contributed by atoms with Gasteiger partial charge in [-0.2, -0.15) is 8.78 Å². The highest BCUT2D eigenvalue weighted by Crippen LogP contribution is 2.21. The molecule has 0 spiro atoms. The molecule has 0 aliphatic rings. The van der Waals surface area contributed by atoms with Crippen molar-refractivity contribution in [2.24, 2.45) is 0 Å². The Balaban J connectivity index is 1.96. The van der Waals surface area contributed by atoms with Crippen molar-refractivity contribution < 1.29 is 17.9 Å². The molecular weight excluding hydrogens is 252 g/mol. The zero-order valence-corrected chi connectivity index (χ0v) is 10.5. The highest BCUT2D eigenvalue weighted by atomic mass is 19.3. The summed E-state index contributed by atoms with van der Waals surface area (Å²) in [6, 6.07) is 10.4. The Bertz CT molecular complexity index is 500. The summed E-state index contributed by atoms with van der Waals surface area (Å²) in [6.07, 6.45) is 1.61. The molecule has 0 radical (unpaired) electrons. The van der Waals surface area contributed by atoms with E-state index in [9.17, 15) is 8.78 Å². The van der Waals surface area contributed by atoms with Crippen LogP contribution in [0.1, 0.15) is 24.3 Å². The molecule has 2 aromatic rings. The van der Waals surface area contributed by atoms with Gasteiger partial charge in [0.1, 0.15) is 11.5 Å². The summed E-state index contributed by atoms with van der Waals surface area (Å²) in [5.74, 6) is 0.992. The molecule has 0 saturated heterocycles. The molecule has 102 valence electrons. The molecule has 0 aliphatic heterocycles. The summed E-state index contributed by atoms with van der Waals surface area (Å²) in [5.41, 5.74) is 0.879. The number of nitrogens with one attached hydrogen (secondary N) is 1. The fraction of sp³-hybridized carbons (Fsp3) is 0.286. The Morgan fingerprint density at radius 2 is 2.11 bits per heavy atom. The summed E-state index contributed by atoms with van der Waals surface area (Å²) in [6.45, 7) is -0.278. The van der Waals surface area contributed by atoms with Gasteiger partial charge in [0.15, 0.2) is 0 Å². The molecule has 0 amide bonds. The van der Waals surface area contributed by atoms with E-state index in [1.165, 1.54) is 6.07 Å². The SMILES string of the molecule is CC(NCc1ccco1)c1cccc(OC(F)F)c1. The Morgan fingerprint density at radius 1 is 1.26 bits per heavy atom. The van der Waals surface area contributed by atoms with E-state index in [1.54, 1.807) is 18.4 Å². The van der Waals surface area contributed by atoms with Crippen LogP contribution in [0.4, 0.5) is 8.78 Å². The third kappa shape index (κ3) is 4.06. The molecule has 1 N–H and O–H groups in total. The van der Waals surface area contributed by atoms with E-state index >= 15 is 0 Å². The number of halogens is 2. The van der Waals surface area contributed by atoms with Crippen molar-refractivity contribution in [3.8, 4) is 5.75 Å². The molecule has 0 fully saturated rings. The number of furan rings is 1. The number of hydrogen-bond donors (Lipinski definition) is 1. The highest BCUT2D eigenvalue weighted by molar-refractivity contribution is 5.30. The van der Waals surface area contributed by atoms with Crippen molar-refractivity contribution >= 4 is 0 Å². The van der Waals surface area contributed by atoms with Gasteiger partial charge in [0.2, 0.25) is 0 Å². The second kappa shape index (κ2) is 6.33. The van der Waals surface area contributed by atoms with Crippen LogP contribution in [0.2, 0.25) is 0 Å². The summed E-state index contributed by atoms with van der Waals surface area (Å²) in [4.78, 5) is 0. The number of alkyl halides is 2. The zero-order chi connectivity index (χ0) is 13.7. The number of hydrogen-bond acceptors (Lipinski definition) is 3. The maximum absolute atomic E-state index is 12.1. The topological polar surface area (TPSA) is 34.4 Å². The Kier molecular flexibility index (Phi) is 4.52. The van der Waals surface area contributed by atoms with Crippen molar-refractivity contribution in [3.05, 3.63) is 54.0 Å². The van der Waals surface area contributed by atoms with Gasteiger partial charge in [-0.3, -0.25) is 0 Å². The van der Waals surface area contributed by atoms with Crippen molar-refractivity contribution in [2.45, 2.75) is 26.1 Å². The molecule has 5 heteroatoms. The van der Waals surface area contributed by atoms with E-state index in [1.807, 2.05) is 25.1 Å². The normalized spacial score (nSPS) is 12.6. The van der Waals surface area contributed by atoms with E-state index < -0.39 is 6.61 Å². The van der Waals surface area contributed by atoms with E-state index in [0.717, 1.165) is 11.3 Å². The zero-order valence-electron chi connectivity index (χ0n) is 10.5. The van der Waals surface area contributed by atoms with Gasteiger partial charge >= 0.3 is 6.61 Å². The van der Waals surface area contributed by atoms with Gasteiger partial charge < -0.3 is 14.5 Å². The number of ether oxygens (including phenoxy) is 1. The maximum Gasteiger partial charge on any atom is 0.387 e. The van der Waals surface area contributed by atoms with Crippen LogP contribution < -0.4 is 10.1 Å². The summed E-state index contributed by atoms with van der Waals surface area (Å²) in [7, 11) is 0. The molecule has 0 aliphatic carbocycles. The molecule has 1 aromatic heterocycles. The second-order valence-electron chi connectivity index (χ2n) is 4.13. The first-order valence-electron chi connectivity index (χ1n) is 5.95. The van der Waals surface area contributed by atoms with Crippen molar-refractivity contribution in [3.63, 3.8) is 0 Å². The predicted molar refractivity (Wildman–Crippen MR) is 67.0 cm³/mol. The van der Waals surface area contributed by atoms with Crippen LogP contribution in [-0.2, 0) is 6.54 Å². The van der Waals surface area contributed by atoms with Crippen LogP contribution in [0, 0.1) is 0 Å². The van der Waals surface area contributed by atoms with E-state index in [0.29, 0.717) is 6.54 Å². The first kappa shape index (κ1) is 13.5. The predicted octanol–water partition coefficient (Wildman–Crippen LogP) is 3.73. The summed E-state index contributed by atoms with van der Waals surface area (Å²) >= 11 is 0. The van der Waals surface area contributed by atoms with E-state index in [2.05, 4.69) is 10.1 Å². The smallest absolute Gasteiger partial charge is 0.387 e. The van der Waals surface area contributed by atoms with E-state index in [4.69, 9.17) is 4.42 Å². The lowest BCUT2D eigenvalue weighted by molar-refractivity contribution is -0.0499. The molecule has 1 unspecified atom stereocenters. The van der Waals surface area contributed by atoms with Crippen LogP contribution >= 0.6 is 0 Å². The quantitative estimate of drug-likeness (QED) is 0.866. The number of benzene rings is 1. The standard InChI is InChI=1S/C14H15F2NO2/c1-10(17-9-13-6-3-7-18-13)11-4-2-5-12(8-11)19-14(15)16/h2-8,10,14,17H,9H2,1H3. The molecule has 3 nitrogen and oxygen atoms in total. The minimum absolute atomic E-state index is 0.00585. The van der Waals surface area contributed by atoms with Crippen molar-refractivity contribution in [2.75, 3.05) is 0 Å². The maximum atomic E-state index is 12.1. The lowest BCUT2D eigenvalue weighted by atomic mass is 10.1. The first-order chi connectivity index (χ1) is 9.15. The molecule has 0 bridgehead atoms. The lowest BCUT2D eigenvalue weighted by Gasteiger charge is -2.14. The Morgan fingerprint density at radius 3 is 2.79 bits per heavy atom. The monoisotopic (exact) mass is 267 g/mol. The van der Waals surface area contributed by atoms with Crippen molar-refractivity contribution in [1.82, 2.24) is 5.32 Å². The lowest BCUT2D eigenvalue weighted by Crippen LogP contribution is -2.17. The number of rotatable bonds is 6. The van der Waals surface area contributed by atoms with Crippen LogP contribution in [-0.4, -0.2) is 6.61 Å². The highest BCUT2D eigenvalue weighted by Gasteiger charge is 2.09. The third-order valence-electron chi connectivity index (χ3n) is 2.75. The largest absolute Gasteiger partial charge is 0.468 e. The van der Waals surface area contributed by atoms with Gasteiger partial charge in [-0.1, -0.05) is 12.1 Å². The first-order valence-corrected chi connectivity index (χ1v) is 5.95. The Labute approximate surface area is 110 Å². The van der Waals surface area contributed by atoms with Gasteiger partial charge in [-0.25, -0.2) is 0 Å². The molecule has 0 saturated carbocycles. The molecule has 2 rings (SSSR count). The summed E-state index contributed by atoms with van der Waals surface area (Å²) < 4.78 is 33.9. The van der Waals surface area contributed by atoms with Gasteiger partial charge in [0.25, 0.3) is 0 Å².